The molecule has 0 spiro atoms. The van der Waals surface area contributed by atoms with Crippen LogP contribution < -0.4 is 15.4 Å². The SMILES string of the molecule is CC1CCCCN1CCNC(=O)Nc1ccc(NS(=O)(=O)C(F)(F)F)cc1. The number of urea groups is 1. The first-order chi connectivity index (χ1) is 12.6. The van der Waals surface area contributed by atoms with Gasteiger partial charge in [0.2, 0.25) is 0 Å². The van der Waals surface area contributed by atoms with Gasteiger partial charge in [0, 0.05) is 30.5 Å². The van der Waals surface area contributed by atoms with Crippen LogP contribution >= 0.6 is 0 Å². The summed E-state index contributed by atoms with van der Waals surface area (Å²) in [6.07, 6.45) is 3.53. The molecular weight excluding hydrogens is 385 g/mol. The summed E-state index contributed by atoms with van der Waals surface area (Å²) < 4.78 is 60.5. The van der Waals surface area contributed by atoms with Crippen LogP contribution in [0, 0.1) is 0 Å². The van der Waals surface area contributed by atoms with Gasteiger partial charge in [-0.25, -0.2) is 4.79 Å². The Morgan fingerprint density at radius 2 is 1.81 bits per heavy atom. The lowest BCUT2D eigenvalue weighted by Crippen LogP contribution is -2.43. The Hall–Kier alpha value is -2.01. The third kappa shape index (κ3) is 6.28. The molecule has 0 aromatic heterocycles. The van der Waals surface area contributed by atoms with Gasteiger partial charge in [-0.1, -0.05) is 6.42 Å². The number of halogens is 3. The van der Waals surface area contributed by atoms with Gasteiger partial charge in [0.1, 0.15) is 0 Å². The number of benzene rings is 1. The number of carbonyl (C=O) groups excluding carboxylic acids is 1. The second kappa shape index (κ2) is 8.79. The zero-order valence-corrected chi connectivity index (χ0v) is 15.7. The summed E-state index contributed by atoms with van der Waals surface area (Å²) in [5, 5.41) is 5.26. The van der Waals surface area contributed by atoms with Crippen LogP contribution in [0.25, 0.3) is 0 Å². The molecule has 1 atom stereocenters. The van der Waals surface area contributed by atoms with Crippen LogP contribution in [0.15, 0.2) is 24.3 Å². The van der Waals surface area contributed by atoms with E-state index in [-0.39, 0.29) is 5.69 Å². The minimum Gasteiger partial charge on any atom is -0.337 e. The van der Waals surface area contributed by atoms with Gasteiger partial charge in [0.15, 0.2) is 0 Å². The molecular formula is C16H23F3N4O3S. The number of piperidine rings is 1. The monoisotopic (exact) mass is 408 g/mol. The molecule has 1 saturated heterocycles. The van der Waals surface area contributed by atoms with Crippen molar-refractivity contribution in [1.82, 2.24) is 10.2 Å². The summed E-state index contributed by atoms with van der Waals surface area (Å²) >= 11 is 0. The van der Waals surface area contributed by atoms with Gasteiger partial charge in [-0.2, -0.15) is 21.6 Å². The molecule has 0 aliphatic carbocycles. The van der Waals surface area contributed by atoms with Crippen LogP contribution in [-0.4, -0.2) is 50.5 Å². The Labute approximate surface area is 156 Å². The summed E-state index contributed by atoms with van der Waals surface area (Å²) in [6.45, 7) is 4.39. The van der Waals surface area contributed by atoms with Crippen LogP contribution in [0.2, 0.25) is 0 Å². The molecule has 1 aliphatic heterocycles. The quantitative estimate of drug-likeness (QED) is 0.675. The Morgan fingerprint density at radius 1 is 1.19 bits per heavy atom. The highest BCUT2D eigenvalue weighted by atomic mass is 32.2. The second-order valence-corrected chi connectivity index (χ2v) is 8.06. The molecule has 2 amide bonds. The zero-order chi connectivity index (χ0) is 20.1. The van der Waals surface area contributed by atoms with Gasteiger partial charge >= 0.3 is 21.6 Å². The molecule has 1 aromatic rings. The molecule has 1 fully saturated rings. The fourth-order valence-electron chi connectivity index (χ4n) is 2.81. The summed E-state index contributed by atoms with van der Waals surface area (Å²) in [5.74, 6) is 0. The number of anilines is 2. The largest absolute Gasteiger partial charge is 0.516 e. The number of alkyl halides is 3. The number of likely N-dealkylation sites (tertiary alicyclic amines) is 1. The number of hydrogen-bond acceptors (Lipinski definition) is 4. The number of rotatable bonds is 6. The van der Waals surface area contributed by atoms with Crippen molar-refractivity contribution in [3.63, 3.8) is 0 Å². The molecule has 0 bridgehead atoms. The third-order valence-corrected chi connectivity index (χ3v) is 5.44. The summed E-state index contributed by atoms with van der Waals surface area (Å²) in [5.41, 5.74) is -5.32. The number of nitrogens with zero attached hydrogens (tertiary/aromatic N) is 1. The maximum Gasteiger partial charge on any atom is 0.516 e. The highest BCUT2D eigenvalue weighted by molar-refractivity contribution is 7.93. The standard InChI is InChI=1S/C16H23F3N4O3S/c1-12-4-2-3-10-23(12)11-9-20-15(24)21-13-5-7-14(8-6-13)22-27(25,26)16(17,18)19/h5-8,12,22H,2-4,9-11H2,1H3,(H2,20,21,24). The first-order valence-corrected chi connectivity index (χ1v) is 10.0. The van der Waals surface area contributed by atoms with E-state index in [0.717, 1.165) is 38.1 Å². The van der Waals surface area contributed by atoms with Crippen molar-refractivity contribution in [3.05, 3.63) is 24.3 Å². The van der Waals surface area contributed by atoms with Gasteiger partial charge in [0.05, 0.1) is 0 Å². The smallest absolute Gasteiger partial charge is 0.337 e. The van der Waals surface area contributed by atoms with Crippen molar-refractivity contribution in [2.45, 2.75) is 37.7 Å². The minimum absolute atomic E-state index is 0.252. The van der Waals surface area contributed by atoms with Gasteiger partial charge in [-0.05, 0) is 50.6 Å². The van der Waals surface area contributed by atoms with Crippen LogP contribution in [0.3, 0.4) is 0 Å². The van der Waals surface area contributed by atoms with E-state index in [1.807, 2.05) is 0 Å². The van der Waals surface area contributed by atoms with Crippen LogP contribution in [0.1, 0.15) is 26.2 Å². The van der Waals surface area contributed by atoms with E-state index >= 15 is 0 Å². The lowest BCUT2D eigenvalue weighted by Gasteiger charge is -2.33. The number of nitrogens with one attached hydrogen (secondary N) is 3. The van der Waals surface area contributed by atoms with E-state index in [1.165, 1.54) is 23.3 Å². The van der Waals surface area contributed by atoms with E-state index in [1.54, 1.807) is 0 Å². The Balaban J connectivity index is 1.79. The van der Waals surface area contributed by atoms with Gasteiger partial charge in [0.25, 0.3) is 0 Å². The molecule has 3 N–H and O–H groups in total. The van der Waals surface area contributed by atoms with E-state index in [9.17, 15) is 26.4 Å². The van der Waals surface area contributed by atoms with Crippen LogP contribution in [-0.2, 0) is 10.0 Å². The zero-order valence-electron chi connectivity index (χ0n) is 14.8. The van der Waals surface area contributed by atoms with Gasteiger partial charge in [-0.3, -0.25) is 9.62 Å². The van der Waals surface area contributed by atoms with Crippen LogP contribution in [0.4, 0.5) is 29.3 Å². The number of hydrogen-bond donors (Lipinski definition) is 3. The maximum absolute atomic E-state index is 12.3. The lowest BCUT2D eigenvalue weighted by atomic mass is 10.0. The molecule has 7 nitrogen and oxygen atoms in total. The fraction of sp³-hybridized carbons (Fsp3) is 0.562. The topological polar surface area (TPSA) is 90.5 Å². The number of carbonyl (C=O) groups is 1. The fourth-order valence-corrected chi connectivity index (χ4v) is 3.37. The summed E-state index contributed by atoms with van der Waals surface area (Å²) in [7, 11) is -5.47. The first kappa shape index (κ1) is 21.3. The Morgan fingerprint density at radius 3 is 2.41 bits per heavy atom. The van der Waals surface area contributed by atoms with E-state index in [0.29, 0.717) is 18.3 Å². The molecule has 152 valence electrons. The summed E-state index contributed by atoms with van der Waals surface area (Å²) in [6, 6.07) is 4.93. The molecule has 27 heavy (non-hydrogen) atoms. The van der Waals surface area contributed by atoms with Crippen molar-refractivity contribution >= 4 is 27.4 Å². The predicted molar refractivity (Wildman–Crippen MR) is 96.9 cm³/mol. The third-order valence-electron chi connectivity index (χ3n) is 4.32. The van der Waals surface area contributed by atoms with Crippen molar-refractivity contribution < 1.29 is 26.4 Å². The lowest BCUT2D eigenvalue weighted by molar-refractivity contribution is -0.0429. The highest BCUT2D eigenvalue weighted by Crippen LogP contribution is 2.25. The number of amides is 2. The van der Waals surface area contributed by atoms with E-state index in [2.05, 4.69) is 22.5 Å². The van der Waals surface area contributed by atoms with Crippen molar-refractivity contribution in [2.75, 3.05) is 29.7 Å². The Kier molecular flexibility index (Phi) is 6.93. The normalized spacial score (nSPS) is 18.7. The highest BCUT2D eigenvalue weighted by Gasteiger charge is 2.46. The predicted octanol–water partition coefficient (Wildman–Crippen LogP) is 2.94. The first-order valence-electron chi connectivity index (χ1n) is 8.56. The maximum atomic E-state index is 12.3. The van der Waals surface area contributed by atoms with Crippen molar-refractivity contribution in [3.8, 4) is 0 Å². The second-order valence-electron chi connectivity index (χ2n) is 6.39. The van der Waals surface area contributed by atoms with Crippen molar-refractivity contribution in [1.29, 1.82) is 0 Å². The molecule has 1 aromatic carbocycles. The molecule has 11 heteroatoms. The van der Waals surface area contributed by atoms with Crippen LogP contribution in [0.5, 0.6) is 0 Å². The average Bonchev–Trinajstić information content (AvgIpc) is 2.57. The summed E-state index contributed by atoms with van der Waals surface area (Å²) in [4.78, 5) is 14.2. The van der Waals surface area contributed by atoms with E-state index < -0.39 is 21.6 Å². The molecule has 0 radical (unpaired) electrons. The molecule has 0 saturated carbocycles. The van der Waals surface area contributed by atoms with Crippen molar-refractivity contribution in [2.24, 2.45) is 0 Å². The average molecular weight is 408 g/mol. The van der Waals surface area contributed by atoms with E-state index in [4.69, 9.17) is 0 Å². The molecule has 2 rings (SSSR count). The minimum atomic E-state index is -5.47. The molecule has 1 aliphatic rings. The molecule has 1 heterocycles. The van der Waals surface area contributed by atoms with Gasteiger partial charge in [-0.15, -0.1) is 0 Å². The molecule has 1 unspecified atom stereocenters. The number of sulfonamides is 1. The van der Waals surface area contributed by atoms with Gasteiger partial charge < -0.3 is 10.6 Å². The Bertz CT molecular complexity index is 738.